The van der Waals surface area contributed by atoms with Crippen molar-refractivity contribution in [2.45, 2.75) is 40.7 Å². The number of nitrogens with one attached hydrogen (secondary N) is 1. The Balaban J connectivity index is 2.56. The fourth-order valence-corrected chi connectivity index (χ4v) is 2.83. The van der Waals surface area contributed by atoms with Gasteiger partial charge in [0.05, 0.1) is 6.04 Å². The second-order valence-electron chi connectivity index (χ2n) is 5.82. The normalized spacial score (nSPS) is 12.5. The van der Waals surface area contributed by atoms with Gasteiger partial charge in [0.1, 0.15) is 5.82 Å². The predicted octanol–water partition coefficient (Wildman–Crippen LogP) is 4.76. The zero-order chi connectivity index (χ0) is 15.6. The molecule has 2 rings (SSSR count). The van der Waals surface area contributed by atoms with Gasteiger partial charge in [-0.2, -0.15) is 0 Å². The van der Waals surface area contributed by atoms with Gasteiger partial charge in [-0.15, -0.1) is 0 Å². The van der Waals surface area contributed by atoms with Gasteiger partial charge < -0.3 is 5.32 Å². The summed E-state index contributed by atoms with van der Waals surface area (Å²) in [5.41, 5.74) is 6.31. The average Bonchev–Trinajstić information content (AvgIpc) is 2.44. The van der Waals surface area contributed by atoms with E-state index in [2.05, 4.69) is 44.3 Å². The summed E-state index contributed by atoms with van der Waals surface area (Å²) < 4.78 is 13.9. The summed E-state index contributed by atoms with van der Waals surface area (Å²) in [6, 6.07) is 10.5. The fourth-order valence-electron chi connectivity index (χ4n) is 2.83. The van der Waals surface area contributed by atoms with E-state index in [0.29, 0.717) is 11.1 Å². The molecule has 1 N–H and O–H groups in total. The molecule has 0 aliphatic heterocycles. The third-order valence-corrected chi connectivity index (χ3v) is 3.95. The maximum atomic E-state index is 13.9. The highest BCUT2D eigenvalue weighted by Crippen LogP contribution is 2.28. The van der Waals surface area contributed by atoms with Gasteiger partial charge in [-0.1, -0.05) is 42.8 Å². The van der Waals surface area contributed by atoms with Crippen LogP contribution in [0.4, 0.5) is 4.39 Å². The molecule has 1 nitrogen and oxygen atoms in total. The summed E-state index contributed by atoms with van der Waals surface area (Å²) in [5.74, 6) is -0.102. The topological polar surface area (TPSA) is 12.0 Å². The first-order chi connectivity index (χ1) is 9.93. The van der Waals surface area contributed by atoms with Crippen LogP contribution in [0.1, 0.15) is 46.3 Å². The van der Waals surface area contributed by atoms with E-state index in [9.17, 15) is 4.39 Å². The summed E-state index contributed by atoms with van der Waals surface area (Å²) in [6.45, 7) is 10.9. The number of hydrogen-bond donors (Lipinski definition) is 1. The maximum Gasteiger partial charge on any atom is 0.129 e. The van der Waals surface area contributed by atoms with Gasteiger partial charge >= 0.3 is 0 Å². The van der Waals surface area contributed by atoms with Crippen LogP contribution in [-0.4, -0.2) is 6.54 Å². The lowest BCUT2D eigenvalue weighted by Crippen LogP contribution is -2.23. The van der Waals surface area contributed by atoms with E-state index >= 15 is 0 Å². The van der Waals surface area contributed by atoms with Crippen molar-refractivity contribution in [3.05, 3.63) is 69.5 Å². The van der Waals surface area contributed by atoms with Gasteiger partial charge in [0, 0.05) is 0 Å². The standard InChI is InChI=1S/C19H24FN/c1-6-21-19(17-9-12(2)7-8-13(17)3)16-10-14(4)18(20)15(5)11-16/h7-11,19,21H,6H2,1-5H3. The second kappa shape index (κ2) is 6.40. The van der Waals surface area contributed by atoms with Crippen molar-refractivity contribution in [2.24, 2.45) is 0 Å². The molecule has 2 aromatic rings. The minimum Gasteiger partial charge on any atom is -0.307 e. The molecule has 21 heavy (non-hydrogen) atoms. The van der Waals surface area contributed by atoms with Crippen LogP contribution in [0.5, 0.6) is 0 Å². The van der Waals surface area contributed by atoms with E-state index in [1.807, 2.05) is 26.0 Å². The quantitative estimate of drug-likeness (QED) is 0.854. The van der Waals surface area contributed by atoms with Crippen molar-refractivity contribution in [1.29, 1.82) is 0 Å². The Bertz CT molecular complexity index is 623. The number of benzene rings is 2. The third-order valence-electron chi connectivity index (χ3n) is 3.95. The first-order valence-electron chi connectivity index (χ1n) is 7.51. The fraction of sp³-hybridized carbons (Fsp3) is 0.368. The molecule has 2 heteroatoms. The molecule has 0 spiro atoms. The third kappa shape index (κ3) is 3.33. The number of hydrogen-bond acceptors (Lipinski definition) is 1. The molecule has 0 bridgehead atoms. The number of rotatable bonds is 4. The van der Waals surface area contributed by atoms with Gasteiger partial charge in [0.2, 0.25) is 0 Å². The van der Waals surface area contributed by atoms with Crippen LogP contribution in [-0.2, 0) is 0 Å². The first kappa shape index (κ1) is 15.7. The van der Waals surface area contributed by atoms with E-state index in [0.717, 1.165) is 12.1 Å². The Morgan fingerprint density at radius 1 is 0.952 bits per heavy atom. The van der Waals surface area contributed by atoms with Crippen molar-refractivity contribution in [1.82, 2.24) is 5.32 Å². The Kier molecular flexibility index (Phi) is 4.79. The second-order valence-corrected chi connectivity index (χ2v) is 5.82. The Morgan fingerprint density at radius 2 is 1.57 bits per heavy atom. The van der Waals surface area contributed by atoms with E-state index in [1.165, 1.54) is 16.7 Å². The summed E-state index contributed by atoms with van der Waals surface area (Å²) in [6.07, 6.45) is 0. The Labute approximate surface area is 127 Å². The predicted molar refractivity (Wildman–Crippen MR) is 87.3 cm³/mol. The molecule has 0 amide bonds. The summed E-state index contributed by atoms with van der Waals surface area (Å²) in [4.78, 5) is 0. The molecule has 2 aromatic carbocycles. The minimum atomic E-state index is -0.102. The van der Waals surface area contributed by atoms with E-state index in [1.54, 1.807) is 0 Å². The van der Waals surface area contributed by atoms with E-state index in [4.69, 9.17) is 0 Å². The van der Waals surface area contributed by atoms with Gasteiger partial charge in [-0.25, -0.2) is 4.39 Å². The van der Waals surface area contributed by atoms with Crippen LogP contribution >= 0.6 is 0 Å². The molecule has 0 fully saturated rings. The summed E-state index contributed by atoms with van der Waals surface area (Å²) >= 11 is 0. The van der Waals surface area contributed by atoms with Crippen LogP contribution < -0.4 is 5.32 Å². The lowest BCUT2D eigenvalue weighted by Gasteiger charge is -2.22. The number of aryl methyl sites for hydroxylation is 4. The molecule has 0 radical (unpaired) electrons. The molecule has 0 heterocycles. The SMILES string of the molecule is CCNC(c1cc(C)c(F)c(C)c1)c1cc(C)ccc1C. The summed E-state index contributed by atoms with van der Waals surface area (Å²) in [5, 5.41) is 3.53. The Morgan fingerprint density at radius 3 is 2.14 bits per heavy atom. The molecule has 1 unspecified atom stereocenters. The van der Waals surface area contributed by atoms with Crippen LogP contribution in [0.25, 0.3) is 0 Å². The zero-order valence-electron chi connectivity index (χ0n) is 13.5. The highest BCUT2D eigenvalue weighted by atomic mass is 19.1. The van der Waals surface area contributed by atoms with Gasteiger partial charge in [-0.05, 0) is 62.1 Å². The molecule has 0 aromatic heterocycles. The molecule has 0 saturated heterocycles. The van der Waals surface area contributed by atoms with Gasteiger partial charge in [0.15, 0.2) is 0 Å². The van der Waals surface area contributed by atoms with Crippen LogP contribution in [0.2, 0.25) is 0 Å². The van der Waals surface area contributed by atoms with E-state index in [-0.39, 0.29) is 11.9 Å². The van der Waals surface area contributed by atoms with Crippen molar-refractivity contribution < 1.29 is 4.39 Å². The van der Waals surface area contributed by atoms with Crippen molar-refractivity contribution in [3.63, 3.8) is 0 Å². The summed E-state index contributed by atoms with van der Waals surface area (Å²) in [7, 11) is 0. The minimum absolute atomic E-state index is 0.102. The van der Waals surface area contributed by atoms with Crippen LogP contribution in [0, 0.1) is 33.5 Å². The van der Waals surface area contributed by atoms with Crippen molar-refractivity contribution in [3.8, 4) is 0 Å². The highest BCUT2D eigenvalue weighted by Gasteiger charge is 2.17. The first-order valence-corrected chi connectivity index (χ1v) is 7.51. The highest BCUT2D eigenvalue weighted by molar-refractivity contribution is 5.42. The monoisotopic (exact) mass is 285 g/mol. The van der Waals surface area contributed by atoms with Gasteiger partial charge in [0.25, 0.3) is 0 Å². The zero-order valence-corrected chi connectivity index (χ0v) is 13.5. The van der Waals surface area contributed by atoms with Crippen LogP contribution in [0.3, 0.4) is 0 Å². The molecule has 1 atom stereocenters. The number of halogens is 1. The lowest BCUT2D eigenvalue weighted by atomic mass is 9.91. The molecule has 0 saturated carbocycles. The molecular weight excluding hydrogens is 261 g/mol. The maximum absolute atomic E-state index is 13.9. The largest absolute Gasteiger partial charge is 0.307 e. The molecule has 112 valence electrons. The Hall–Kier alpha value is -1.67. The lowest BCUT2D eigenvalue weighted by molar-refractivity contribution is 0.597. The molecule has 0 aliphatic carbocycles. The van der Waals surface area contributed by atoms with Crippen molar-refractivity contribution in [2.75, 3.05) is 6.54 Å². The molecular formula is C19H24FN. The molecule has 0 aliphatic rings. The average molecular weight is 285 g/mol. The van der Waals surface area contributed by atoms with Crippen LogP contribution in [0.15, 0.2) is 30.3 Å². The van der Waals surface area contributed by atoms with Crippen molar-refractivity contribution >= 4 is 0 Å². The van der Waals surface area contributed by atoms with E-state index < -0.39 is 0 Å². The smallest absolute Gasteiger partial charge is 0.129 e. The van der Waals surface area contributed by atoms with Gasteiger partial charge in [-0.3, -0.25) is 0 Å².